The van der Waals surface area contributed by atoms with Crippen molar-refractivity contribution in [3.05, 3.63) is 29.8 Å². The molecular weight excluding hydrogens is 264 g/mol. The molecule has 2 unspecified atom stereocenters. The van der Waals surface area contributed by atoms with E-state index in [0.717, 1.165) is 43.7 Å². The minimum absolute atomic E-state index is 0.0952. The van der Waals surface area contributed by atoms with Gasteiger partial charge >= 0.3 is 0 Å². The van der Waals surface area contributed by atoms with Crippen LogP contribution in [0.25, 0.3) is 0 Å². The van der Waals surface area contributed by atoms with Gasteiger partial charge in [0, 0.05) is 12.6 Å². The van der Waals surface area contributed by atoms with E-state index in [0.29, 0.717) is 0 Å². The number of para-hydroxylation sites is 1. The van der Waals surface area contributed by atoms with E-state index in [1.165, 1.54) is 0 Å². The van der Waals surface area contributed by atoms with Crippen LogP contribution in [-0.4, -0.2) is 32.1 Å². The van der Waals surface area contributed by atoms with Crippen LogP contribution in [0.1, 0.15) is 32.3 Å². The quantitative estimate of drug-likeness (QED) is 0.844. The predicted octanol–water partition coefficient (Wildman–Crippen LogP) is 2.13. The van der Waals surface area contributed by atoms with Gasteiger partial charge in [0.15, 0.2) is 0 Å². The summed E-state index contributed by atoms with van der Waals surface area (Å²) in [4.78, 5) is 12.6. The molecule has 4 heteroatoms. The standard InChI is InChI=1S/C17H26N2O2/c1-4-17(9-10-18-12-17)16(20)19-13(2)11-14-7-5-6-8-15(14)21-3/h5-8,13,18H,4,9-12H2,1-3H3,(H,19,20). The molecular formula is C17H26N2O2. The van der Waals surface area contributed by atoms with E-state index in [4.69, 9.17) is 4.74 Å². The number of carbonyl (C=O) groups excluding carboxylic acids is 1. The molecule has 1 aliphatic heterocycles. The van der Waals surface area contributed by atoms with E-state index in [1.54, 1.807) is 7.11 Å². The first kappa shape index (κ1) is 15.8. The van der Waals surface area contributed by atoms with Crippen LogP contribution in [0.3, 0.4) is 0 Å². The van der Waals surface area contributed by atoms with Crippen molar-refractivity contribution < 1.29 is 9.53 Å². The average molecular weight is 290 g/mol. The Morgan fingerprint density at radius 1 is 1.48 bits per heavy atom. The Morgan fingerprint density at radius 2 is 2.24 bits per heavy atom. The summed E-state index contributed by atoms with van der Waals surface area (Å²) in [6, 6.07) is 8.06. The Hall–Kier alpha value is -1.55. The first-order valence-electron chi connectivity index (χ1n) is 7.75. The molecule has 0 aromatic heterocycles. The first-order chi connectivity index (χ1) is 10.1. The summed E-state index contributed by atoms with van der Waals surface area (Å²) >= 11 is 0. The van der Waals surface area contributed by atoms with E-state index in [-0.39, 0.29) is 17.4 Å². The van der Waals surface area contributed by atoms with Crippen LogP contribution in [-0.2, 0) is 11.2 Å². The fraction of sp³-hybridized carbons (Fsp3) is 0.588. The zero-order valence-corrected chi connectivity index (χ0v) is 13.2. The summed E-state index contributed by atoms with van der Waals surface area (Å²) < 4.78 is 5.37. The molecule has 0 bridgehead atoms. The van der Waals surface area contributed by atoms with Crippen LogP contribution in [0.4, 0.5) is 0 Å². The molecule has 1 heterocycles. The Balaban J connectivity index is 1.98. The summed E-state index contributed by atoms with van der Waals surface area (Å²) in [6.07, 6.45) is 2.59. The molecule has 21 heavy (non-hydrogen) atoms. The summed E-state index contributed by atoms with van der Waals surface area (Å²) in [6.45, 7) is 5.87. The molecule has 2 rings (SSSR count). The number of ether oxygens (including phenoxy) is 1. The second-order valence-electron chi connectivity index (χ2n) is 5.95. The van der Waals surface area contributed by atoms with Gasteiger partial charge in [-0.15, -0.1) is 0 Å². The Labute approximate surface area is 127 Å². The number of hydrogen-bond donors (Lipinski definition) is 2. The van der Waals surface area contributed by atoms with Crippen molar-refractivity contribution in [2.45, 2.75) is 39.2 Å². The van der Waals surface area contributed by atoms with Gasteiger partial charge in [-0.3, -0.25) is 4.79 Å². The Bertz CT molecular complexity index is 481. The lowest BCUT2D eigenvalue weighted by atomic mass is 9.83. The summed E-state index contributed by atoms with van der Waals surface area (Å²) in [5.41, 5.74) is 0.901. The topological polar surface area (TPSA) is 50.4 Å². The average Bonchev–Trinajstić information content (AvgIpc) is 2.98. The molecule has 0 saturated carbocycles. The number of hydrogen-bond acceptors (Lipinski definition) is 3. The van der Waals surface area contributed by atoms with Crippen molar-refractivity contribution in [1.29, 1.82) is 0 Å². The van der Waals surface area contributed by atoms with Crippen LogP contribution in [0.15, 0.2) is 24.3 Å². The SMILES string of the molecule is CCC1(C(=O)NC(C)Cc2ccccc2OC)CCNC1. The van der Waals surface area contributed by atoms with Crippen molar-refractivity contribution in [1.82, 2.24) is 10.6 Å². The highest BCUT2D eigenvalue weighted by Gasteiger charge is 2.39. The molecule has 116 valence electrons. The van der Waals surface area contributed by atoms with Crippen molar-refractivity contribution in [3.8, 4) is 5.75 Å². The first-order valence-corrected chi connectivity index (χ1v) is 7.75. The van der Waals surface area contributed by atoms with Gasteiger partial charge in [-0.2, -0.15) is 0 Å². The fourth-order valence-corrected chi connectivity index (χ4v) is 3.03. The smallest absolute Gasteiger partial charge is 0.227 e. The van der Waals surface area contributed by atoms with Gasteiger partial charge in [-0.25, -0.2) is 0 Å². The van der Waals surface area contributed by atoms with Gasteiger partial charge < -0.3 is 15.4 Å². The number of methoxy groups -OCH3 is 1. The Kier molecular flexibility index (Phi) is 5.23. The molecule has 1 amide bonds. The van der Waals surface area contributed by atoms with Crippen LogP contribution in [0.5, 0.6) is 5.75 Å². The minimum Gasteiger partial charge on any atom is -0.496 e. The Morgan fingerprint density at radius 3 is 2.86 bits per heavy atom. The lowest BCUT2D eigenvalue weighted by Crippen LogP contribution is -2.46. The fourth-order valence-electron chi connectivity index (χ4n) is 3.03. The molecule has 1 aliphatic rings. The van der Waals surface area contributed by atoms with Gasteiger partial charge in [-0.1, -0.05) is 25.1 Å². The van der Waals surface area contributed by atoms with Crippen molar-refractivity contribution in [2.75, 3.05) is 20.2 Å². The highest BCUT2D eigenvalue weighted by molar-refractivity contribution is 5.83. The summed E-state index contributed by atoms with van der Waals surface area (Å²) in [7, 11) is 1.68. The zero-order chi connectivity index (χ0) is 15.3. The van der Waals surface area contributed by atoms with E-state index in [2.05, 4.69) is 24.5 Å². The van der Waals surface area contributed by atoms with E-state index >= 15 is 0 Å². The van der Waals surface area contributed by atoms with Gasteiger partial charge in [0.2, 0.25) is 5.91 Å². The lowest BCUT2D eigenvalue weighted by molar-refractivity contribution is -0.130. The second-order valence-corrected chi connectivity index (χ2v) is 5.95. The van der Waals surface area contributed by atoms with Gasteiger partial charge in [0.1, 0.15) is 5.75 Å². The third-order valence-corrected chi connectivity index (χ3v) is 4.50. The lowest BCUT2D eigenvalue weighted by Gasteiger charge is -2.27. The van der Waals surface area contributed by atoms with Crippen LogP contribution in [0.2, 0.25) is 0 Å². The second kappa shape index (κ2) is 6.94. The van der Waals surface area contributed by atoms with Crippen molar-refractivity contribution >= 4 is 5.91 Å². The predicted molar refractivity (Wildman–Crippen MR) is 84.5 cm³/mol. The van der Waals surface area contributed by atoms with Gasteiger partial charge in [0.05, 0.1) is 12.5 Å². The van der Waals surface area contributed by atoms with Crippen LogP contribution >= 0.6 is 0 Å². The van der Waals surface area contributed by atoms with Gasteiger partial charge in [0.25, 0.3) is 0 Å². The summed E-state index contributed by atoms with van der Waals surface area (Å²) in [5, 5.41) is 6.48. The molecule has 1 fully saturated rings. The number of amides is 1. The largest absolute Gasteiger partial charge is 0.496 e. The van der Waals surface area contributed by atoms with Crippen LogP contribution < -0.4 is 15.4 Å². The van der Waals surface area contributed by atoms with Gasteiger partial charge in [-0.05, 0) is 44.4 Å². The molecule has 4 nitrogen and oxygen atoms in total. The molecule has 0 aliphatic carbocycles. The molecule has 0 radical (unpaired) electrons. The molecule has 1 saturated heterocycles. The highest BCUT2D eigenvalue weighted by Crippen LogP contribution is 2.30. The molecule has 0 spiro atoms. The molecule has 2 N–H and O–H groups in total. The van der Waals surface area contributed by atoms with Crippen molar-refractivity contribution in [2.24, 2.45) is 5.41 Å². The maximum absolute atomic E-state index is 12.6. The minimum atomic E-state index is -0.227. The molecule has 1 aromatic carbocycles. The number of nitrogens with one attached hydrogen (secondary N) is 2. The van der Waals surface area contributed by atoms with Crippen molar-refractivity contribution in [3.63, 3.8) is 0 Å². The summed E-state index contributed by atoms with van der Waals surface area (Å²) in [5.74, 6) is 1.06. The molecule has 1 aromatic rings. The maximum Gasteiger partial charge on any atom is 0.227 e. The van der Waals surface area contributed by atoms with E-state index in [1.807, 2.05) is 24.3 Å². The third kappa shape index (κ3) is 3.56. The number of carbonyl (C=O) groups is 1. The van der Waals surface area contributed by atoms with Crippen LogP contribution in [0, 0.1) is 5.41 Å². The maximum atomic E-state index is 12.6. The number of rotatable bonds is 6. The van der Waals surface area contributed by atoms with E-state index < -0.39 is 0 Å². The monoisotopic (exact) mass is 290 g/mol. The van der Waals surface area contributed by atoms with E-state index in [9.17, 15) is 4.79 Å². The normalized spacial score (nSPS) is 22.8. The molecule has 2 atom stereocenters. The third-order valence-electron chi connectivity index (χ3n) is 4.50. The number of benzene rings is 1. The zero-order valence-electron chi connectivity index (χ0n) is 13.2. The highest BCUT2D eigenvalue weighted by atomic mass is 16.5.